The van der Waals surface area contributed by atoms with Gasteiger partial charge in [-0.15, -0.1) is 11.8 Å². The summed E-state index contributed by atoms with van der Waals surface area (Å²) in [4.78, 5) is 13.3. The molecule has 0 saturated carbocycles. The molecule has 0 aliphatic heterocycles. The molecule has 23 heavy (non-hydrogen) atoms. The van der Waals surface area contributed by atoms with Crippen LogP contribution >= 0.6 is 11.8 Å². The molecule has 0 spiro atoms. The lowest BCUT2D eigenvalue weighted by Crippen LogP contribution is -2.22. The van der Waals surface area contributed by atoms with Gasteiger partial charge in [-0.3, -0.25) is 4.79 Å². The topological polar surface area (TPSA) is 34.9 Å². The Morgan fingerprint density at radius 2 is 1.83 bits per heavy atom. The average molecular weight is 322 g/mol. The minimum absolute atomic E-state index is 0.0870. The number of hydrogen-bond donors (Lipinski definition) is 0. The van der Waals surface area contributed by atoms with E-state index in [4.69, 9.17) is 0 Å². The summed E-state index contributed by atoms with van der Waals surface area (Å²) >= 11 is 1.71. The van der Waals surface area contributed by atoms with Gasteiger partial charge in [-0.05, 0) is 36.9 Å². The van der Waals surface area contributed by atoms with Crippen LogP contribution in [-0.2, 0) is 6.54 Å². The van der Waals surface area contributed by atoms with Crippen LogP contribution in [0.25, 0.3) is 11.3 Å². The minimum atomic E-state index is -0.0870. The number of benzene rings is 2. The van der Waals surface area contributed by atoms with E-state index >= 15 is 0 Å². The maximum absolute atomic E-state index is 12.1. The van der Waals surface area contributed by atoms with Crippen LogP contribution in [0.1, 0.15) is 11.1 Å². The Labute approximate surface area is 140 Å². The van der Waals surface area contributed by atoms with E-state index in [2.05, 4.69) is 29.6 Å². The summed E-state index contributed by atoms with van der Waals surface area (Å²) in [5, 5.41) is 4.52. The van der Waals surface area contributed by atoms with Gasteiger partial charge < -0.3 is 0 Å². The standard InChI is InChI=1S/C19H18N2OS/c1-14-4-3-5-15(12-14)13-21-19(22)11-10-18(20-21)16-6-8-17(23-2)9-7-16/h3-12H,13H2,1-2H3. The van der Waals surface area contributed by atoms with Crippen molar-refractivity contribution >= 4 is 11.8 Å². The van der Waals surface area contributed by atoms with Gasteiger partial charge in [0.15, 0.2) is 0 Å². The lowest BCUT2D eigenvalue weighted by molar-refractivity contribution is 0.642. The summed E-state index contributed by atoms with van der Waals surface area (Å²) < 4.78 is 1.52. The molecule has 0 atom stereocenters. The van der Waals surface area contributed by atoms with E-state index in [1.54, 1.807) is 23.9 Å². The predicted octanol–water partition coefficient (Wildman–Crippen LogP) is 3.99. The second-order valence-electron chi connectivity index (χ2n) is 5.43. The Morgan fingerprint density at radius 1 is 1.04 bits per heavy atom. The van der Waals surface area contributed by atoms with Crippen LogP contribution in [0, 0.1) is 6.92 Å². The van der Waals surface area contributed by atoms with Crippen LogP contribution in [0.15, 0.2) is 70.4 Å². The molecule has 0 aliphatic rings. The molecule has 0 N–H and O–H groups in total. The van der Waals surface area contributed by atoms with Crippen molar-refractivity contribution in [3.63, 3.8) is 0 Å². The fourth-order valence-corrected chi connectivity index (χ4v) is 2.87. The monoisotopic (exact) mass is 322 g/mol. The SMILES string of the molecule is CSc1ccc(-c2ccc(=O)n(Cc3cccc(C)c3)n2)cc1. The lowest BCUT2D eigenvalue weighted by atomic mass is 10.1. The molecule has 0 saturated heterocycles. The van der Waals surface area contributed by atoms with Gasteiger partial charge in [0, 0.05) is 16.5 Å². The molecule has 3 rings (SSSR count). The third-order valence-corrected chi connectivity index (χ3v) is 4.41. The fourth-order valence-electron chi connectivity index (χ4n) is 2.46. The average Bonchev–Trinajstić information content (AvgIpc) is 2.57. The highest BCUT2D eigenvalue weighted by Crippen LogP contribution is 2.20. The van der Waals surface area contributed by atoms with Gasteiger partial charge >= 0.3 is 0 Å². The summed E-state index contributed by atoms with van der Waals surface area (Å²) in [5.74, 6) is 0. The second-order valence-corrected chi connectivity index (χ2v) is 6.31. The third-order valence-electron chi connectivity index (χ3n) is 3.67. The molecule has 0 unspecified atom stereocenters. The molecule has 0 amide bonds. The van der Waals surface area contributed by atoms with Gasteiger partial charge in [-0.2, -0.15) is 5.10 Å². The first-order chi connectivity index (χ1) is 11.2. The number of rotatable bonds is 4. The van der Waals surface area contributed by atoms with Crippen LogP contribution in [0.4, 0.5) is 0 Å². The van der Waals surface area contributed by atoms with Gasteiger partial charge in [0.25, 0.3) is 5.56 Å². The van der Waals surface area contributed by atoms with Crippen molar-refractivity contribution in [3.05, 3.63) is 82.1 Å². The zero-order valence-corrected chi connectivity index (χ0v) is 14.0. The van der Waals surface area contributed by atoms with Crippen LogP contribution in [0.2, 0.25) is 0 Å². The van der Waals surface area contributed by atoms with Gasteiger partial charge in [-0.25, -0.2) is 4.68 Å². The fraction of sp³-hybridized carbons (Fsp3) is 0.158. The quantitative estimate of drug-likeness (QED) is 0.681. The Hall–Kier alpha value is -2.33. The summed E-state index contributed by atoms with van der Waals surface area (Å²) in [6.07, 6.45) is 2.05. The van der Waals surface area contributed by atoms with Gasteiger partial charge in [-0.1, -0.05) is 42.0 Å². The first kappa shape index (κ1) is 15.6. The van der Waals surface area contributed by atoms with Crippen molar-refractivity contribution in [2.75, 3.05) is 6.26 Å². The molecule has 1 heterocycles. The maximum Gasteiger partial charge on any atom is 0.267 e. The molecule has 0 radical (unpaired) electrons. The normalized spacial score (nSPS) is 10.7. The van der Waals surface area contributed by atoms with Crippen molar-refractivity contribution < 1.29 is 0 Å². The smallest absolute Gasteiger partial charge is 0.267 e. The number of hydrogen-bond acceptors (Lipinski definition) is 3. The van der Waals surface area contributed by atoms with E-state index < -0.39 is 0 Å². The molecule has 1 aromatic heterocycles. The van der Waals surface area contributed by atoms with Crippen molar-refractivity contribution in [1.82, 2.24) is 9.78 Å². The molecule has 0 fully saturated rings. The summed E-state index contributed by atoms with van der Waals surface area (Å²) in [5.41, 5.74) is 4.00. The van der Waals surface area contributed by atoms with Crippen molar-refractivity contribution in [2.24, 2.45) is 0 Å². The van der Waals surface area contributed by atoms with Crippen molar-refractivity contribution in [2.45, 2.75) is 18.4 Å². The minimum Gasteiger partial charge on any atom is -0.268 e. The number of thioether (sulfide) groups is 1. The van der Waals surface area contributed by atoms with E-state index in [9.17, 15) is 4.79 Å². The van der Waals surface area contributed by atoms with E-state index in [1.165, 1.54) is 15.1 Å². The maximum atomic E-state index is 12.1. The molecule has 116 valence electrons. The predicted molar refractivity (Wildman–Crippen MR) is 96.0 cm³/mol. The Kier molecular flexibility index (Phi) is 4.63. The molecule has 0 aliphatic carbocycles. The van der Waals surface area contributed by atoms with Crippen molar-refractivity contribution in [3.8, 4) is 11.3 Å². The first-order valence-corrected chi connectivity index (χ1v) is 8.66. The zero-order valence-electron chi connectivity index (χ0n) is 13.2. The van der Waals surface area contributed by atoms with Crippen LogP contribution < -0.4 is 5.56 Å². The highest BCUT2D eigenvalue weighted by atomic mass is 32.2. The zero-order chi connectivity index (χ0) is 16.2. The number of aromatic nitrogens is 2. The summed E-state index contributed by atoms with van der Waals surface area (Å²) in [7, 11) is 0. The lowest BCUT2D eigenvalue weighted by Gasteiger charge is -2.08. The molecule has 3 nitrogen and oxygen atoms in total. The Morgan fingerprint density at radius 3 is 2.52 bits per heavy atom. The molecule has 0 bridgehead atoms. The van der Waals surface area contributed by atoms with Crippen LogP contribution in [0.3, 0.4) is 0 Å². The Balaban J connectivity index is 1.93. The first-order valence-electron chi connectivity index (χ1n) is 7.44. The molecule has 2 aromatic carbocycles. The highest BCUT2D eigenvalue weighted by Gasteiger charge is 2.05. The molecule has 4 heteroatoms. The molecular weight excluding hydrogens is 304 g/mol. The van der Waals surface area contributed by atoms with E-state index in [0.717, 1.165) is 16.8 Å². The summed E-state index contributed by atoms with van der Waals surface area (Å²) in [6.45, 7) is 2.53. The van der Waals surface area contributed by atoms with E-state index in [-0.39, 0.29) is 5.56 Å². The van der Waals surface area contributed by atoms with Crippen LogP contribution in [-0.4, -0.2) is 16.0 Å². The van der Waals surface area contributed by atoms with E-state index in [0.29, 0.717) is 6.54 Å². The summed E-state index contributed by atoms with van der Waals surface area (Å²) in [6, 6.07) is 19.7. The number of nitrogens with zero attached hydrogens (tertiary/aromatic N) is 2. The second kappa shape index (κ2) is 6.84. The molecular formula is C19H18N2OS. The van der Waals surface area contributed by atoms with Gasteiger partial charge in [0.05, 0.1) is 12.2 Å². The van der Waals surface area contributed by atoms with E-state index in [1.807, 2.05) is 37.3 Å². The Bertz CT molecular complexity index is 869. The van der Waals surface area contributed by atoms with Gasteiger partial charge in [0.2, 0.25) is 0 Å². The third kappa shape index (κ3) is 3.71. The van der Waals surface area contributed by atoms with Crippen LogP contribution in [0.5, 0.6) is 0 Å². The highest BCUT2D eigenvalue weighted by molar-refractivity contribution is 7.98. The number of aryl methyl sites for hydroxylation is 1. The van der Waals surface area contributed by atoms with Crippen molar-refractivity contribution in [1.29, 1.82) is 0 Å². The molecule has 3 aromatic rings. The van der Waals surface area contributed by atoms with Gasteiger partial charge in [0.1, 0.15) is 0 Å². The largest absolute Gasteiger partial charge is 0.268 e.